The van der Waals surface area contributed by atoms with Crippen molar-refractivity contribution in [1.82, 2.24) is 0 Å². The molecule has 0 saturated carbocycles. The van der Waals surface area contributed by atoms with Crippen molar-refractivity contribution in [3.63, 3.8) is 0 Å². The lowest BCUT2D eigenvalue weighted by atomic mass is 10.0. The molecular formula is C16H14ClN2O5-. The van der Waals surface area contributed by atoms with Gasteiger partial charge in [0.25, 0.3) is 5.69 Å². The highest BCUT2D eigenvalue weighted by Crippen LogP contribution is 2.30. The lowest BCUT2D eigenvalue weighted by Crippen LogP contribution is -2.13. The van der Waals surface area contributed by atoms with Crippen LogP contribution in [0.5, 0.6) is 11.5 Å². The molecule has 0 spiro atoms. The van der Waals surface area contributed by atoms with Crippen LogP contribution in [-0.4, -0.2) is 27.4 Å². The van der Waals surface area contributed by atoms with E-state index in [0.717, 1.165) is 12.3 Å². The summed E-state index contributed by atoms with van der Waals surface area (Å²) in [6, 6.07) is 7.61. The predicted octanol–water partition coefficient (Wildman–Crippen LogP) is 2.57. The minimum Gasteiger partial charge on any atom is -0.867 e. The van der Waals surface area contributed by atoms with E-state index in [1.807, 2.05) is 0 Å². The Kier molecular flexibility index (Phi) is 5.38. The SMILES string of the molecule is C[C@@H](N=Cc1cc(Cl)cc([N+](=O)[O-])c1[O-])[C@H](O)c1ccc(O)cc1. The largest absolute Gasteiger partial charge is 0.867 e. The van der Waals surface area contributed by atoms with Crippen molar-refractivity contribution in [2.45, 2.75) is 19.1 Å². The number of benzene rings is 2. The summed E-state index contributed by atoms with van der Waals surface area (Å²) in [5.74, 6) is -0.719. The monoisotopic (exact) mass is 349 g/mol. The zero-order chi connectivity index (χ0) is 17.9. The summed E-state index contributed by atoms with van der Waals surface area (Å²) in [4.78, 5) is 14.1. The molecule has 2 atom stereocenters. The van der Waals surface area contributed by atoms with E-state index in [-0.39, 0.29) is 16.3 Å². The maximum absolute atomic E-state index is 12.0. The molecule has 0 unspecified atom stereocenters. The Labute approximate surface area is 142 Å². The van der Waals surface area contributed by atoms with Crippen LogP contribution >= 0.6 is 11.6 Å². The van der Waals surface area contributed by atoms with Gasteiger partial charge in [-0.15, -0.1) is 0 Å². The van der Waals surface area contributed by atoms with Crippen LogP contribution in [0.3, 0.4) is 0 Å². The smallest absolute Gasteiger partial charge is 0.263 e. The second-order valence-corrected chi connectivity index (χ2v) is 5.59. The van der Waals surface area contributed by atoms with Crippen LogP contribution in [0.2, 0.25) is 5.02 Å². The van der Waals surface area contributed by atoms with E-state index in [1.54, 1.807) is 19.1 Å². The number of hydrogen-bond acceptors (Lipinski definition) is 6. The molecule has 2 rings (SSSR count). The van der Waals surface area contributed by atoms with Crippen molar-refractivity contribution >= 4 is 23.5 Å². The third kappa shape index (κ3) is 4.01. The molecule has 0 bridgehead atoms. The molecule has 0 aromatic heterocycles. The van der Waals surface area contributed by atoms with E-state index in [2.05, 4.69) is 4.99 Å². The average Bonchev–Trinajstić information content (AvgIpc) is 2.54. The van der Waals surface area contributed by atoms with Crippen molar-refractivity contribution < 1.29 is 20.2 Å². The number of phenols is 1. The van der Waals surface area contributed by atoms with Crippen molar-refractivity contribution in [3.05, 3.63) is 62.7 Å². The number of aliphatic hydroxyl groups excluding tert-OH is 1. The normalized spacial score (nSPS) is 13.8. The molecular weight excluding hydrogens is 336 g/mol. The highest BCUT2D eigenvalue weighted by atomic mass is 35.5. The number of aromatic hydroxyl groups is 1. The fourth-order valence-corrected chi connectivity index (χ4v) is 2.28. The Hall–Kier alpha value is -2.64. The second kappa shape index (κ2) is 7.29. The Balaban J connectivity index is 2.24. The zero-order valence-electron chi connectivity index (χ0n) is 12.6. The number of halogens is 1. The Bertz CT molecular complexity index is 777. The number of rotatable bonds is 5. The van der Waals surface area contributed by atoms with Crippen LogP contribution < -0.4 is 5.11 Å². The van der Waals surface area contributed by atoms with E-state index in [4.69, 9.17) is 11.6 Å². The number of nitro groups is 1. The summed E-state index contributed by atoms with van der Waals surface area (Å²) in [5.41, 5.74) is -0.119. The van der Waals surface area contributed by atoms with Gasteiger partial charge >= 0.3 is 0 Å². The van der Waals surface area contributed by atoms with Crippen LogP contribution in [0.25, 0.3) is 0 Å². The van der Waals surface area contributed by atoms with Gasteiger partial charge in [0.05, 0.1) is 11.0 Å². The first kappa shape index (κ1) is 17.7. The molecule has 0 aliphatic heterocycles. The Morgan fingerprint density at radius 2 is 1.92 bits per heavy atom. The number of nitro benzene ring substituents is 1. The molecule has 0 radical (unpaired) electrons. The first-order valence-electron chi connectivity index (χ1n) is 6.94. The van der Waals surface area contributed by atoms with E-state index in [0.29, 0.717) is 5.56 Å². The maximum Gasteiger partial charge on any atom is 0.263 e. The summed E-state index contributed by atoms with van der Waals surface area (Å²) >= 11 is 5.78. The first-order valence-corrected chi connectivity index (χ1v) is 7.32. The molecule has 7 nitrogen and oxygen atoms in total. The van der Waals surface area contributed by atoms with Crippen LogP contribution in [0.1, 0.15) is 24.2 Å². The van der Waals surface area contributed by atoms with Crippen molar-refractivity contribution in [3.8, 4) is 11.5 Å². The third-order valence-corrected chi connectivity index (χ3v) is 3.62. The van der Waals surface area contributed by atoms with Crippen molar-refractivity contribution in [2.24, 2.45) is 4.99 Å². The van der Waals surface area contributed by atoms with Gasteiger partial charge in [-0.05, 0) is 42.0 Å². The van der Waals surface area contributed by atoms with Crippen molar-refractivity contribution in [2.75, 3.05) is 0 Å². The van der Waals surface area contributed by atoms with Gasteiger partial charge in [0, 0.05) is 17.3 Å². The lowest BCUT2D eigenvalue weighted by molar-refractivity contribution is -0.398. The number of aliphatic hydroxyl groups is 1. The second-order valence-electron chi connectivity index (χ2n) is 5.16. The van der Waals surface area contributed by atoms with Crippen LogP contribution in [-0.2, 0) is 0 Å². The minimum atomic E-state index is -0.967. The van der Waals surface area contributed by atoms with Crippen LogP contribution in [0.15, 0.2) is 41.4 Å². The molecule has 0 aliphatic carbocycles. The molecule has 0 amide bonds. The van der Waals surface area contributed by atoms with Gasteiger partial charge in [-0.2, -0.15) is 0 Å². The van der Waals surface area contributed by atoms with Crippen molar-refractivity contribution in [1.29, 1.82) is 0 Å². The van der Waals surface area contributed by atoms with E-state index >= 15 is 0 Å². The number of hydrogen-bond donors (Lipinski definition) is 2. The average molecular weight is 350 g/mol. The highest BCUT2D eigenvalue weighted by molar-refractivity contribution is 6.31. The summed E-state index contributed by atoms with van der Waals surface area (Å²) in [6.45, 7) is 1.62. The molecule has 126 valence electrons. The van der Waals surface area contributed by atoms with E-state index in [9.17, 15) is 25.4 Å². The van der Waals surface area contributed by atoms with Gasteiger partial charge in [0.15, 0.2) is 0 Å². The van der Waals surface area contributed by atoms with Crippen LogP contribution in [0.4, 0.5) is 5.69 Å². The summed E-state index contributed by atoms with van der Waals surface area (Å²) in [5, 5.41) is 42.3. The quantitative estimate of drug-likeness (QED) is 0.488. The molecule has 0 heterocycles. The number of phenolic OH excluding ortho intramolecular Hbond substituents is 1. The van der Waals surface area contributed by atoms with E-state index in [1.165, 1.54) is 18.2 Å². The number of aliphatic imine (C=N–C) groups is 1. The molecule has 0 fully saturated rings. The van der Waals surface area contributed by atoms with Gasteiger partial charge in [0.1, 0.15) is 11.9 Å². The fourth-order valence-electron chi connectivity index (χ4n) is 2.06. The van der Waals surface area contributed by atoms with Gasteiger partial charge in [-0.3, -0.25) is 15.1 Å². The highest BCUT2D eigenvalue weighted by Gasteiger charge is 2.16. The number of nitrogens with zero attached hydrogens (tertiary/aromatic N) is 2. The van der Waals surface area contributed by atoms with Crippen LogP contribution in [0, 0.1) is 10.1 Å². The molecule has 2 aromatic rings. The third-order valence-electron chi connectivity index (χ3n) is 3.40. The molecule has 2 aromatic carbocycles. The standard InChI is InChI=1S/C16H15ClN2O5/c1-9(15(21)10-2-4-13(20)5-3-10)18-8-11-6-12(17)7-14(16(11)22)19(23)24/h2-9,15,20-22H,1H3/p-1/t9-,15+/m1/s1. The minimum absolute atomic E-state index is 0.0287. The van der Waals surface area contributed by atoms with E-state index < -0.39 is 28.5 Å². The lowest BCUT2D eigenvalue weighted by Gasteiger charge is -2.16. The Morgan fingerprint density at radius 3 is 2.50 bits per heavy atom. The Morgan fingerprint density at radius 1 is 1.29 bits per heavy atom. The van der Waals surface area contributed by atoms with Gasteiger partial charge in [-0.1, -0.05) is 23.7 Å². The summed E-state index contributed by atoms with van der Waals surface area (Å²) < 4.78 is 0. The zero-order valence-corrected chi connectivity index (χ0v) is 13.3. The molecule has 2 N–H and O–H groups in total. The summed E-state index contributed by atoms with van der Waals surface area (Å²) in [7, 11) is 0. The molecule has 24 heavy (non-hydrogen) atoms. The molecule has 0 aliphatic rings. The van der Waals surface area contributed by atoms with Gasteiger partial charge < -0.3 is 15.3 Å². The van der Waals surface area contributed by atoms with Gasteiger partial charge in [-0.25, -0.2) is 0 Å². The fraction of sp³-hybridized carbons (Fsp3) is 0.188. The molecule has 8 heteroatoms. The maximum atomic E-state index is 12.0. The van der Waals surface area contributed by atoms with Gasteiger partial charge in [0.2, 0.25) is 0 Å². The molecule has 0 saturated heterocycles. The first-order chi connectivity index (χ1) is 11.3. The predicted molar refractivity (Wildman–Crippen MR) is 87.7 cm³/mol. The summed E-state index contributed by atoms with van der Waals surface area (Å²) in [6.07, 6.45) is 0.196. The topological polar surface area (TPSA) is 119 Å².